The molecule has 0 saturated carbocycles. The molecule has 4 atom stereocenters. The third kappa shape index (κ3) is 4.14. The minimum Gasteiger partial charge on any atom is -0.480 e. The summed E-state index contributed by atoms with van der Waals surface area (Å²) in [4.78, 5) is 36.9. The fraction of sp³-hybridized carbons (Fsp3) is 0.444. The second-order valence-electron chi connectivity index (χ2n) is 7.19. The molecule has 1 aromatic rings. The van der Waals surface area contributed by atoms with Crippen LogP contribution in [0.1, 0.15) is 25.8 Å². The van der Waals surface area contributed by atoms with Gasteiger partial charge in [0.1, 0.15) is 4.75 Å². The smallest absolute Gasteiger partial charge is 0.328 e. The van der Waals surface area contributed by atoms with E-state index >= 15 is 0 Å². The summed E-state index contributed by atoms with van der Waals surface area (Å²) in [5.74, 6) is -1.32. The van der Waals surface area contributed by atoms with Crippen molar-refractivity contribution in [1.29, 1.82) is 0 Å². The molecule has 30 heavy (non-hydrogen) atoms. The zero-order valence-corrected chi connectivity index (χ0v) is 17.0. The molecule has 0 spiro atoms. The zero-order valence-electron chi connectivity index (χ0n) is 16.2. The van der Waals surface area contributed by atoms with Gasteiger partial charge >= 0.3 is 5.97 Å². The number of carbonyl (C=O) groups is 3. The molecule has 0 radical (unpaired) electrons. The van der Waals surface area contributed by atoms with Crippen LogP contribution in [0.4, 0.5) is 0 Å². The predicted molar refractivity (Wildman–Crippen MR) is 104 cm³/mol. The topological polar surface area (TPSA) is 155 Å². The summed E-state index contributed by atoms with van der Waals surface area (Å²) in [6.45, 7) is 2.94. The number of β-lactam (4-membered cyclic amide) rings is 1. The molecule has 2 aliphatic rings. The summed E-state index contributed by atoms with van der Waals surface area (Å²) in [7, 11) is 0. The highest BCUT2D eigenvalue weighted by Crippen LogP contribution is 2.33. The molecule has 1 aromatic carbocycles. The van der Waals surface area contributed by atoms with E-state index in [-0.39, 0.29) is 19.6 Å². The standard InChI is InChI=1S/C18H21N3O8S/c1-10-5-15(23)21(10)16(17(24)25)18(2,30(26)27)8-19-20-14(22)7-11-3-4-12-13(6-11)29-9-28-12/h3-4,6,8,10,16H,5,7,9H2,1-2H3,(H,20,22)(H,24,25)(H,26,27)/b19-8+/t10-,16+,18+/m1/s1. The number of fused-ring (bicyclic) bond motifs is 1. The molecule has 1 unspecified atom stereocenters. The van der Waals surface area contributed by atoms with Gasteiger partial charge in [0.05, 0.1) is 6.42 Å². The third-order valence-corrected chi connectivity index (χ3v) is 6.06. The van der Waals surface area contributed by atoms with E-state index in [2.05, 4.69) is 10.5 Å². The van der Waals surface area contributed by atoms with Gasteiger partial charge in [-0.1, -0.05) is 6.07 Å². The van der Waals surface area contributed by atoms with Gasteiger partial charge in [-0.3, -0.25) is 9.59 Å². The molecule has 3 N–H and O–H groups in total. The number of carbonyl (C=O) groups excluding carboxylic acids is 2. The molecule has 1 saturated heterocycles. The number of rotatable bonds is 8. The van der Waals surface area contributed by atoms with Crippen LogP contribution in [0.15, 0.2) is 23.3 Å². The monoisotopic (exact) mass is 439 g/mol. The molecule has 11 nitrogen and oxygen atoms in total. The number of amides is 2. The van der Waals surface area contributed by atoms with Gasteiger partial charge in [-0.25, -0.2) is 14.4 Å². The number of nitrogens with zero attached hydrogens (tertiary/aromatic N) is 2. The van der Waals surface area contributed by atoms with Crippen molar-refractivity contribution in [3.05, 3.63) is 23.8 Å². The van der Waals surface area contributed by atoms with E-state index in [9.17, 15) is 28.3 Å². The molecule has 1 fully saturated rings. The lowest BCUT2D eigenvalue weighted by Gasteiger charge is -2.46. The molecular formula is C18H21N3O8S. The van der Waals surface area contributed by atoms with Crippen molar-refractivity contribution in [3.63, 3.8) is 0 Å². The highest BCUT2D eigenvalue weighted by molar-refractivity contribution is 7.81. The van der Waals surface area contributed by atoms with Crippen molar-refractivity contribution in [2.75, 3.05) is 6.79 Å². The molecule has 0 aromatic heterocycles. The number of nitrogens with one attached hydrogen (secondary N) is 1. The maximum Gasteiger partial charge on any atom is 0.328 e. The van der Waals surface area contributed by atoms with Crippen LogP contribution in [-0.2, 0) is 31.9 Å². The number of likely N-dealkylation sites (tertiary alicyclic amines) is 1. The Balaban J connectivity index is 1.70. The minimum atomic E-state index is -2.70. The Morgan fingerprint density at radius 1 is 1.43 bits per heavy atom. The van der Waals surface area contributed by atoms with Crippen LogP contribution >= 0.6 is 0 Å². The average molecular weight is 439 g/mol. The average Bonchev–Trinajstić information content (AvgIpc) is 3.13. The van der Waals surface area contributed by atoms with E-state index in [1.165, 1.54) is 6.92 Å². The maximum absolute atomic E-state index is 12.2. The van der Waals surface area contributed by atoms with Gasteiger partial charge in [-0.15, -0.1) is 0 Å². The summed E-state index contributed by atoms with van der Waals surface area (Å²) in [5, 5.41) is 13.3. The van der Waals surface area contributed by atoms with Crippen LogP contribution in [0, 0.1) is 0 Å². The Morgan fingerprint density at radius 2 is 2.13 bits per heavy atom. The number of hydrogen-bond donors (Lipinski definition) is 3. The largest absolute Gasteiger partial charge is 0.480 e. The summed E-state index contributed by atoms with van der Waals surface area (Å²) in [6.07, 6.45) is 0.982. The first kappa shape index (κ1) is 21.7. The van der Waals surface area contributed by atoms with Crippen molar-refractivity contribution in [2.45, 2.75) is 43.5 Å². The third-order valence-electron chi connectivity index (χ3n) is 4.98. The second-order valence-corrected chi connectivity index (χ2v) is 8.56. The van der Waals surface area contributed by atoms with Gasteiger partial charge in [0.2, 0.25) is 18.6 Å². The molecule has 2 amide bonds. The summed E-state index contributed by atoms with van der Waals surface area (Å²) < 4.78 is 30.2. The number of hydrazone groups is 1. The second kappa shape index (κ2) is 8.40. The zero-order chi connectivity index (χ0) is 22.1. The highest BCUT2D eigenvalue weighted by atomic mass is 32.2. The molecule has 12 heteroatoms. The van der Waals surface area contributed by atoms with Crippen molar-refractivity contribution >= 4 is 35.1 Å². The van der Waals surface area contributed by atoms with Crippen LogP contribution in [0.3, 0.4) is 0 Å². The van der Waals surface area contributed by atoms with Crippen molar-refractivity contribution in [3.8, 4) is 11.5 Å². The lowest BCUT2D eigenvalue weighted by atomic mass is 9.92. The Kier molecular flexibility index (Phi) is 6.08. The van der Waals surface area contributed by atoms with Gasteiger partial charge in [0, 0.05) is 18.7 Å². The van der Waals surface area contributed by atoms with Crippen LogP contribution in [-0.4, -0.2) is 66.4 Å². The summed E-state index contributed by atoms with van der Waals surface area (Å²) >= 11 is -2.70. The highest BCUT2D eigenvalue weighted by Gasteiger charge is 2.53. The van der Waals surface area contributed by atoms with Gasteiger partial charge in [-0.05, 0) is 31.5 Å². The Hall–Kier alpha value is -2.99. The van der Waals surface area contributed by atoms with E-state index in [1.807, 2.05) is 0 Å². The van der Waals surface area contributed by atoms with E-state index in [1.54, 1.807) is 25.1 Å². The number of carboxylic acids is 1. The number of carboxylic acid groups (broad SMARTS) is 1. The molecular weight excluding hydrogens is 418 g/mol. The molecule has 0 bridgehead atoms. The van der Waals surface area contributed by atoms with Crippen molar-refractivity contribution in [2.24, 2.45) is 5.10 Å². The van der Waals surface area contributed by atoms with Gasteiger partial charge in [0.15, 0.2) is 28.6 Å². The maximum atomic E-state index is 12.2. The Bertz CT molecular complexity index is 936. The van der Waals surface area contributed by atoms with E-state index < -0.39 is 45.7 Å². The van der Waals surface area contributed by atoms with Gasteiger partial charge < -0.3 is 24.0 Å². The molecule has 3 rings (SSSR count). The van der Waals surface area contributed by atoms with Crippen LogP contribution in [0.25, 0.3) is 0 Å². The lowest BCUT2D eigenvalue weighted by molar-refractivity contribution is -0.161. The SMILES string of the molecule is C[C@@H]1CC(=O)N1[C@@H](C(=O)O)[C@](C)(/C=N/NC(=O)Cc1ccc2c(c1)OCO2)S(=O)O. The summed E-state index contributed by atoms with van der Waals surface area (Å²) in [5.41, 5.74) is 2.85. The van der Waals surface area contributed by atoms with Crippen molar-refractivity contribution < 1.29 is 37.7 Å². The Labute approximate surface area is 174 Å². The van der Waals surface area contributed by atoms with E-state index in [4.69, 9.17) is 9.47 Å². The first-order valence-electron chi connectivity index (χ1n) is 9.00. The van der Waals surface area contributed by atoms with Crippen LogP contribution in [0.2, 0.25) is 0 Å². The fourth-order valence-electron chi connectivity index (χ4n) is 3.35. The minimum absolute atomic E-state index is 0.0586. The van der Waals surface area contributed by atoms with Gasteiger partial charge in [-0.2, -0.15) is 5.10 Å². The Morgan fingerprint density at radius 3 is 2.73 bits per heavy atom. The number of ether oxygens (including phenoxy) is 2. The lowest BCUT2D eigenvalue weighted by Crippen LogP contribution is -2.67. The molecule has 2 heterocycles. The first-order valence-corrected chi connectivity index (χ1v) is 10.1. The van der Waals surface area contributed by atoms with Crippen LogP contribution in [0.5, 0.6) is 11.5 Å². The summed E-state index contributed by atoms with van der Waals surface area (Å²) in [6, 6.07) is 2.99. The number of hydrogen-bond acceptors (Lipinski definition) is 7. The molecule has 0 aliphatic carbocycles. The number of benzene rings is 1. The molecule has 2 aliphatic heterocycles. The molecule has 162 valence electrons. The fourth-order valence-corrected chi connectivity index (χ4v) is 3.90. The normalized spacial score (nSPS) is 21.6. The van der Waals surface area contributed by atoms with Gasteiger partial charge in [0.25, 0.3) is 0 Å². The quantitative estimate of drug-likeness (QED) is 0.223. The van der Waals surface area contributed by atoms with Crippen molar-refractivity contribution in [1.82, 2.24) is 10.3 Å². The predicted octanol–water partition coefficient (Wildman–Crippen LogP) is 0.114. The number of aliphatic carboxylic acids is 1. The van der Waals surface area contributed by atoms with E-state index in [0.29, 0.717) is 17.1 Å². The first-order chi connectivity index (χ1) is 14.1. The van der Waals surface area contributed by atoms with Crippen LogP contribution < -0.4 is 14.9 Å². The van der Waals surface area contributed by atoms with E-state index in [0.717, 1.165) is 11.1 Å².